The molecular weight excluding hydrogens is 508 g/mol. The van der Waals surface area contributed by atoms with Crippen molar-refractivity contribution in [2.75, 3.05) is 26.3 Å². The van der Waals surface area contributed by atoms with E-state index in [0.717, 1.165) is 49.7 Å². The van der Waals surface area contributed by atoms with Gasteiger partial charge in [0.15, 0.2) is 5.82 Å². The fourth-order valence-electron chi connectivity index (χ4n) is 4.62. The van der Waals surface area contributed by atoms with E-state index in [9.17, 15) is 14.4 Å². The monoisotopic (exact) mass is 538 g/mol. The molecule has 1 aliphatic heterocycles. The Bertz CT molecular complexity index is 1480. The maximum atomic E-state index is 13.3. The molecule has 10 heteroatoms. The van der Waals surface area contributed by atoms with E-state index in [1.807, 2.05) is 48.5 Å². The van der Waals surface area contributed by atoms with Crippen molar-refractivity contribution >= 4 is 17.6 Å². The van der Waals surface area contributed by atoms with Crippen molar-refractivity contribution in [3.05, 3.63) is 102 Å². The molecule has 1 aliphatic rings. The first-order chi connectivity index (χ1) is 19.5. The first kappa shape index (κ1) is 26.9. The summed E-state index contributed by atoms with van der Waals surface area (Å²) in [5.74, 6) is -2.26. The Balaban J connectivity index is 1.33. The number of nitrogens with zero attached hydrogens (tertiary/aromatic N) is 4. The molecule has 1 saturated heterocycles. The van der Waals surface area contributed by atoms with E-state index in [4.69, 9.17) is 10.5 Å². The van der Waals surface area contributed by atoms with Crippen LogP contribution in [0.25, 0.3) is 17.1 Å². The lowest BCUT2D eigenvalue weighted by Crippen LogP contribution is -2.47. The van der Waals surface area contributed by atoms with E-state index in [0.29, 0.717) is 5.82 Å². The van der Waals surface area contributed by atoms with Gasteiger partial charge in [-0.1, -0.05) is 54.6 Å². The summed E-state index contributed by atoms with van der Waals surface area (Å²) in [4.78, 5) is 44.3. The smallest absolute Gasteiger partial charge is 0.287 e. The predicted molar refractivity (Wildman–Crippen MR) is 148 cm³/mol. The second-order valence-corrected chi connectivity index (χ2v) is 9.55. The lowest BCUT2D eigenvalue weighted by atomic mass is 10.0. The number of ether oxygens (including phenoxy) is 1. The molecule has 10 nitrogen and oxygen atoms in total. The third kappa shape index (κ3) is 6.48. The number of aromatic nitrogens is 3. The van der Waals surface area contributed by atoms with Gasteiger partial charge < -0.3 is 15.8 Å². The van der Waals surface area contributed by atoms with E-state index >= 15 is 0 Å². The first-order valence-electron chi connectivity index (χ1n) is 13.1. The molecular formula is C30H30N6O4. The second-order valence-electron chi connectivity index (χ2n) is 9.55. The number of rotatable bonds is 10. The number of hydrogen-bond donors (Lipinski definition) is 2. The lowest BCUT2D eigenvalue weighted by Gasteiger charge is -2.26. The summed E-state index contributed by atoms with van der Waals surface area (Å²) in [6.07, 6.45) is 3.41. The Morgan fingerprint density at radius 3 is 2.40 bits per heavy atom. The molecule has 3 N–H and O–H groups in total. The zero-order valence-electron chi connectivity index (χ0n) is 21.9. The van der Waals surface area contributed by atoms with Crippen LogP contribution in [0.5, 0.6) is 0 Å². The molecule has 1 atom stereocenters. The van der Waals surface area contributed by atoms with Crippen molar-refractivity contribution in [3.63, 3.8) is 0 Å². The topological polar surface area (TPSA) is 132 Å². The molecule has 1 fully saturated rings. The van der Waals surface area contributed by atoms with Gasteiger partial charge in [0.1, 0.15) is 6.04 Å². The van der Waals surface area contributed by atoms with Crippen LogP contribution in [-0.2, 0) is 27.3 Å². The Kier molecular flexibility index (Phi) is 8.38. The molecule has 2 aromatic carbocycles. The fraction of sp³-hybridized carbons (Fsp3) is 0.233. The molecule has 5 rings (SSSR count). The van der Waals surface area contributed by atoms with Crippen LogP contribution in [-0.4, -0.2) is 69.6 Å². The average Bonchev–Trinajstić information content (AvgIpc) is 3.48. The molecule has 1 unspecified atom stereocenters. The maximum Gasteiger partial charge on any atom is 0.287 e. The average molecular weight is 539 g/mol. The highest BCUT2D eigenvalue weighted by Crippen LogP contribution is 2.21. The molecule has 2 amide bonds. The minimum absolute atomic E-state index is 0.122. The largest absolute Gasteiger partial charge is 0.379 e. The van der Waals surface area contributed by atoms with Crippen LogP contribution in [0, 0.1) is 0 Å². The van der Waals surface area contributed by atoms with Gasteiger partial charge in [0, 0.05) is 44.0 Å². The number of morpholine rings is 1. The van der Waals surface area contributed by atoms with Crippen LogP contribution in [0.2, 0.25) is 0 Å². The zero-order chi connectivity index (χ0) is 27.9. The SMILES string of the molecule is NC(=O)C(=O)C(Cc1ccccc1)NC(=O)c1cccnc1-n1ccc(-c2ccc(CN3CCOCC3)cc2)n1. The van der Waals surface area contributed by atoms with Gasteiger partial charge in [0.25, 0.3) is 11.8 Å². The van der Waals surface area contributed by atoms with Gasteiger partial charge in [0.2, 0.25) is 5.78 Å². The molecule has 0 saturated carbocycles. The summed E-state index contributed by atoms with van der Waals surface area (Å²) in [6.45, 7) is 4.25. The summed E-state index contributed by atoms with van der Waals surface area (Å²) < 4.78 is 6.94. The quantitative estimate of drug-likeness (QED) is 0.296. The Labute approximate surface area is 231 Å². The van der Waals surface area contributed by atoms with Crippen molar-refractivity contribution in [2.24, 2.45) is 5.73 Å². The molecule has 40 heavy (non-hydrogen) atoms. The number of ketones is 1. The summed E-state index contributed by atoms with van der Waals surface area (Å²) in [7, 11) is 0. The Morgan fingerprint density at radius 1 is 0.925 bits per heavy atom. The Morgan fingerprint density at radius 2 is 1.68 bits per heavy atom. The number of nitrogens with two attached hydrogens (primary N) is 1. The van der Waals surface area contributed by atoms with E-state index in [-0.39, 0.29) is 12.0 Å². The van der Waals surface area contributed by atoms with Gasteiger partial charge in [-0.05, 0) is 29.3 Å². The van der Waals surface area contributed by atoms with E-state index in [2.05, 4.69) is 32.4 Å². The highest BCUT2D eigenvalue weighted by Gasteiger charge is 2.27. The number of pyridine rings is 1. The second kappa shape index (κ2) is 12.5. The molecule has 3 heterocycles. The number of benzene rings is 2. The van der Waals surface area contributed by atoms with E-state index < -0.39 is 23.6 Å². The highest BCUT2D eigenvalue weighted by molar-refractivity contribution is 6.38. The van der Waals surface area contributed by atoms with E-state index in [1.165, 1.54) is 10.2 Å². The number of primary amides is 1. The minimum atomic E-state index is -1.12. The summed E-state index contributed by atoms with van der Waals surface area (Å²) >= 11 is 0. The normalized spacial score (nSPS) is 14.4. The van der Waals surface area contributed by atoms with Crippen LogP contribution < -0.4 is 11.1 Å². The number of hydrogen-bond acceptors (Lipinski definition) is 7. The van der Waals surface area contributed by atoms with Gasteiger partial charge in [-0.15, -0.1) is 0 Å². The number of Topliss-reactive ketones (excluding diaryl/α,β-unsaturated/α-hetero) is 1. The van der Waals surface area contributed by atoms with E-state index in [1.54, 1.807) is 24.5 Å². The predicted octanol–water partition coefficient (Wildman–Crippen LogP) is 2.16. The first-order valence-corrected chi connectivity index (χ1v) is 13.1. The lowest BCUT2D eigenvalue weighted by molar-refractivity contribution is -0.137. The van der Waals surface area contributed by atoms with Crippen LogP contribution >= 0.6 is 0 Å². The number of carbonyl (C=O) groups is 3. The van der Waals surface area contributed by atoms with Gasteiger partial charge in [0.05, 0.1) is 24.5 Å². The van der Waals surface area contributed by atoms with Gasteiger partial charge in [-0.25, -0.2) is 9.67 Å². The highest BCUT2D eigenvalue weighted by atomic mass is 16.5. The number of amides is 2. The summed E-state index contributed by atoms with van der Waals surface area (Å²) in [5, 5.41) is 7.32. The van der Waals surface area contributed by atoms with Crippen LogP contribution in [0.3, 0.4) is 0 Å². The van der Waals surface area contributed by atoms with Crippen molar-refractivity contribution in [2.45, 2.75) is 19.0 Å². The molecule has 0 bridgehead atoms. The van der Waals surface area contributed by atoms with Crippen molar-refractivity contribution in [3.8, 4) is 17.1 Å². The number of nitrogens with one attached hydrogen (secondary N) is 1. The van der Waals surface area contributed by atoms with Gasteiger partial charge >= 0.3 is 0 Å². The molecule has 0 aliphatic carbocycles. The molecule has 204 valence electrons. The molecule has 0 radical (unpaired) electrons. The Hall–Kier alpha value is -4.67. The third-order valence-corrected chi connectivity index (χ3v) is 6.74. The van der Waals surface area contributed by atoms with Crippen LogP contribution in [0.15, 0.2) is 85.2 Å². The van der Waals surface area contributed by atoms with Crippen LogP contribution in [0.4, 0.5) is 0 Å². The summed E-state index contributed by atoms with van der Waals surface area (Å²) in [6, 6.07) is 21.3. The van der Waals surface area contributed by atoms with Gasteiger partial charge in [-0.3, -0.25) is 19.3 Å². The van der Waals surface area contributed by atoms with Crippen molar-refractivity contribution < 1.29 is 19.1 Å². The number of carbonyl (C=O) groups excluding carboxylic acids is 3. The van der Waals surface area contributed by atoms with Crippen molar-refractivity contribution in [1.82, 2.24) is 25.0 Å². The standard InChI is InChI=1S/C30H30N6O4/c31-28(38)27(37)26(19-21-5-2-1-3-6-21)33-30(39)24-7-4-13-32-29(24)36-14-12-25(34-36)23-10-8-22(9-11-23)20-35-15-17-40-18-16-35/h1-14,26H,15-20H2,(H2,31,38)(H,33,39). The maximum absolute atomic E-state index is 13.3. The molecule has 4 aromatic rings. The van der Waals surface area contributed by atoms with Crippen LogP contribution in [0.1, 0.15) is 21.5 Å². The minimum Gasteiger partial charge on any atom is -0.379 e. The third-order valence-electron chi connectivity index (χ3n) is 6.74. The van der Waals surface area contributed by atoms with Crippen molar-refractivity contribution in [1.29, 1.82) is 0 Å². The van der Waals surface area contributed by atoms with Gasteiger partial charge in [-0.2, -0.15) is 5.10 Å². The summed E-state index contributed by atoms with van der Waals surface area (Å²) in [5.41, 5.74) is 9.11. The zero-order valence-corrected chi connectivity index (χ0v) is 21.9. The fourth-order valence-corrected chi connectivity index (χ4v) is 4.62. The molecule has 0 spiro atoms. The molecule has 2 aromatic heterocycles.